The van der Waals surface area contributed by atoms with Crippen molar-refractivity contribution < 1.29 is 14.6 Å². The van der Waals surface area contributed by atoms with E-state index >= 15 is 0 Å². The minimum Gasteiger partial charge on any atom is -0.494 e. The summed E-state index contributed by atoms with van der Waals surface area (Å²) in [6, 6.07) is 2.03. The Kier molecular flexibility index (Phi) is 3.45. The summed E-state index contributed by atoms with van der Waals surface area (Å²) in [5.74, 6) is 1.11. The van der Waals surface area contributed by atoms with Crippen molar-refractivity contribution in [2.45, 2.75) is 12.5 Å². The highest BCUT2D eigenvalue weighted by molar-refractivity contribution is 9.10. The molecule has 1 aromatic rings. The van der Waals surface area contributed by atoms with E-state index in [1.54, 1.807) is 18.2 Å². The van der Waals surface area contributed by atoms with Crippen molar-refractivity contribution in [1.29, 1.82) is 0 Å². The molecule has 0 saturated carbocycles. The number of aromatic nitrogens is 1. The SMILES string of the molecule is COc1cc(N2C[C@H]3CCN(C(=O)O)[C@H]3C2)cnc1Br. The van der Waals surface area contributed by atoms with E-state index in [2.05, 4.69) is 25.8 Å². The predicted octanol–water partition coefficient (Wildman–Crippen LogP) is 2.04. The minimum absolute atomic E-state index is 0.0992. The molecule has 3 heterocycles. The molecular formula is C13H16BrN3O3. The number of hydrogen-bond acceptors (Lipinski definition) is 4. The van der Waals surface area contributed by atoms with E-state index in [4.69, 9.17) is 4.74 Å². The van der Waals surface area contributed by atoms with Gasteiger partial charge in [0.25, 0.3) is 0 Å². The van der Waals surface area contributed by atoms with Gasteiger partial charge in [0, 0.05) is 31.6 Å². The summed E-state index contributed by atoms with van der Waals surface area (Å²) < 4.78 is 5.93. The zero-order valence-corrected chi connectivity index (χ0v) is 12.7. The Hall–Kier alpha value is -1.50. The van der Waals surface area contributed by atoms with Gasteiger partial charge in [-0.3, -0.25) is 0 Å². The Morgan fingerprint density at radius 3 is 3.05 bits per heavy atom. The number of hydrogen-bond donors (Lipinski definition) is 1. The Labute approximate surface area is 125 Å². The fraction of sp³-hybridized carbons (Fsp3) is 0.538. The lowest BCUT2D eigenvalue weighted by Gasteiger charge is -2.23. The number of likely N-dealkylation sites (tertiary alicyclic amines) is 1. The second kappa shape index (κ2) is 5.12. The van der Waals surface area contributed by atoms with Gasteiger partial charge in [0.1, 0.15) is 4.60 Å². The number of anilines is 1. The lowest BCUT2D eigenvalue weighted by Crippen LogP contribution is -2.38. The lowest BCUT2D eigenvalue weighted by atomic mass is 10.1. The van der Waals surface area contributed by atoms with Gasteiger partial charge in [-0.2, -0.15) is 0 Å². The molecule has 0 unspecified atom stereocenters. The molecule has 1 aromatic heterocycles. The van der Waals surface area contributed by atoms with Crippen LogP contribution in [0.3, 0.4) is 0 Å². The number of fused-ring (bicyclic) bond motifs is 1. The summed E-state index contributed by atoms with van der Waals surface area (Å²) in [7, 11) is 1.61. The van der Waals surface area contributed by atoms with Crippen molar-refractivity contribution in [3.63, 3.8) is 0 Å². The summed E-state index contributed by atoms with van der Waals surface area (Å²) in [6.45, 7) is 2.25. The van der Waals surface area contributed by atoms with Crippen LogP contribution in [0, 0.1) is 5.92 Å². The molecule has 0 bridgehead atoms. The summed E-state index contributed by atoms with van der Waals surface area (Å²) in [6.07, 6.45) is 1.92. The van der Waals surface area contributed by atoms with Gasteiger partial charge >= 0.3 is 6.09 Å². The first-order valence-corrected chi connectivity index (χ1v) is 7.33. The molecular weight excluding hydrogens is 326 g/mol. The van der Waals surface area contributed by atoms with Crippen LogP contribution >= 0.6 is 15.9 Å². The summed E-state index contributed by atoms with van der Waals surface area (Å²) in [5.41, 5.74) is 0.977. The number of carboxylic acid groups (broad SMARTS) is 1. The van der Waals surface area contributed by atoms with Crippen LogP contribution in [-0.2, 0) is 0 Å². The summed E-state index contributed by atoms with van der Waals surface area (Å²) in [4.78, 5) is 19.2. The van der Waals surface area contributed by atoms with E-state index in [-0.39, 0.29) is 6.04 Å². The quantitative estimate of drug-likeness (QED) is 0.834. The maximum atomic E-state index is 11.2. The number of pyridine rings is 1. The van der Waals surface area contributed by atoms with Crippen LogP contribution in [-0.4, -0.2) is 53.9 Å². The number of ether oxygens (including phenoxy) is 1. The molecule has 2 aliphatic rings. The topological polar surface area (TPSA) is 65.9 Å². The van der Waals surface area contributed by atoms with Crippen molar-refractivity contribution >= 4 is 27.7 Å². The zero-order valence-electron chi connectivity index (χ0n) is 11.1. The molecule has 0 aromatic carbocycles. The van der Waals surface area contributed by atoms with Gasteiger partial charge in [-0.1, -0.05) is 0 Å². The predicted molar refractivity (Wildman–Crippen MR) is 77.3 cm³/mol. The second-order valence-electron chi connectivity index (χ2n) is 5.18. The third kappa shape index (κ3) is 2.19. The number of carbonyl (C=O) groups is 1. The Morgan fingerprint density at radius 2 is 2.35 bits per heavy atom. The second-order valence-corrected chi connectivity index (χ2v) is 5.93. The molecule has 2 saturated heterocycles. The third-order valence-electron chi connectivity index (χ3n) is 4.17. The smallest absolute Gasteiger partial charge is 0.407 e. The molecule has 0 spiro atoms. The molecule has 1 N–H and O–H groups in total. The highest BCUT2D eigenvalue weighted by Crippen LogP contribution is 2.35. The average Bonchev–Trinajstić information content (AvgIpc) is 2.98. The van der Waals surface area contributed by atoms with E-state index in [0.29, 0.717) is 22.8 Å². The van der Waals surface area contributed by atoms with E-state index < -0.39 is 6.09 Å². The molecule has 108 valence electrons. The van der Waals surface area contributed by atoms with Crippen molar-refractivity contribution in [3.05, 3.63) is 16.9 Å². The monoisotopic (exact) mass is 341 g/mol. The van der Waals surface area contributed by atoms with Crippen molar-refractivity contribution in [1.82, 2.24) is 9.88 Å². The molecule has 2 fully saturated rings. The average molecular weight is 342 g/mol. The highest BCUT2D eigenvalue weighted by Gasteiger charge is 2.43. The summed E-state index contributed by atoms with van der Waals surface area (Å²) in [5, 5.41) is 9.20. The molecule has 0 radical (unpaired) electrons. The van der Waals surface area contributed by atoms with Gasteiger partial charge in [-0.05, 0) is 22.4 Å². The van der Waals surface area contributed by atoms with Crippen LogP contribution in [0.5, 0.6) is 5.75 Å². The molecule has 2 atom stereocenters. The van der Waals surface area contributed by atoms with Gasteiger partial charge in [0.05, 0.1) is 25.0 Å². The Bertz CT molecular complexity index is 540. The number of methoxy groups -OCH3 is 1. The third-order valence-corrected chi connectivity index (χ3v) is 4.77. The van der Waals surface area contributed by atoms with Gasteiger partial charge in [-0.25, -0.2) is 9.78 Å². The van der Waals surface area contributed by atoms with Gasteiger partial charge in [-0.15, -0.1) is 0 Å². The first kappa shape index (κ1) is 13.5. The normalized spacial score (nSPS) is 24.9. The molecule has 2 aliphatic heterocycles. The van der Waals surface area contributed by atoms with Crippen LogP contribution < -0.4 is 9.64 Å². The zero-order chi connectivity index (χ0) is 14.3. The van der Waals surface area contributed by atoms with E-state index in [1.807, 2.05) is 6.07 Å². The van der Waals surface area contributed by atoms with Gasteiger partial charge in [0.15, 0.2) is 5.75 Å². The van der Waals surface area contributed by atoms with Gasteiger partial charge in [0.2, 0.25) is 0 Å². The molecule has 7 heteroatoms. The van der Waals surface area contributed by atoms with Crippen molar-refractivity contribution in [2.75, 3.05) is 31.6 Å². The number of amides is 1. The number of nitrogens with zero attached hydrogens (tertiary/aromatic N) is 3. The molecule has 0 aliphatic carbocycles. The highest BCUT2D eigenvalue weighted by atomic mass is 79.9. The molecule has 1 amide bonds. The van der Waals surface area contributed by atoms with Crippen LogP contribution in [0.15, 0.2) is 16.9 Å². The van der Waals surface area contributed by atoms with E-state index in [0.717, 1.165) is 25.2 Å². The number of halogens is 1. The fourth-order valence-corrected chi connectivity index (χ4v) is 3.52. The number of rotatable bonds is 2. The standard InChI is InChI=1S/C13H16BrN3O3/c1-20-11-4-9(5-15-12(11)14)16-6-8-2-3-17(13(18)19)10(8)7-16/h4-5,8,10H,2-3,6-7H2,1H3,(H,18,19)/t8-,10+/m1/s1. The van der Waals surface area contributed by atoms with E-state index in [9.17, 15) is 9.90 Å². The molecule has 3 rings (SSSR count). The van der Waals surface area contributed by atoms with E-state index in [1.165, 1.54) is 0 Å². The first-order valence-electron chi connectivity index (χ1n) is 6.54. The van der Waals surface area contributed by atoms with Crippen molar-refractivity contribution in [2.24, 2.45) is 5.92 Å². The maximum Gasteiger partial charge on any atom is 0.407 e. The Morgan fingerprint density at radius 1 is 1.55 bits per heavy atom. The lowest BCUT2D eigenvalue weighted by molar-refractivity contribution is 0.140. The van der Waals surface area contributed by atoms with Crippen LogP contribution in [0.1, 0.15) is 6.42 Å². The molecule has 20 heavy (non-hydrogen) atoms. The first-order chi connectivity index (χ1) is 9.60. The Balaban J connectivity index is 1.79. The van der Waals surface area contributed by atoms with Crippen LogP contribution in [0.2, 0.25) is 0 Å². The maximum absolute atomic E-state index is 11.2. The fourth-order valence-electron chi connectivity index (χ4n) is 3.14. The van der Waals surface area contributed by atoms with Crippen molar-refractivity contribution in [3.8, 4) is 5.75 Å². The van der Waals surface area contributed by atoms with Crippen LogP contribution in [0.25, 0.3) is 0 Å². The molecule has 6 nitrogen and oxygen atoms in total. The summed E-state index contributed by atoms with van der Waals surface area (Å²) >= 11 is 3.34. The van der Waals surface area contributed by atoms with Crippen LogP contribution in [0.4, 0.5) is 10.5 Å². The minimum atomic E-state index is -0.814. The largest absolute Gasteiger partial charge is 0.494 e. The van der Waals surface area contributed by atoms with Gasteiger partial charge < -0.3 is 19.6 Å².